The van der Waals surface area contributed by atoms with Gasteiger partial charge in [0.05, 0.1) is 6.54 Å². The van der Waals surface area contributed by atoms with Gasteiger partial charge in [0.25, 0.3) is 5.91 Å². The van der Waals surface area contributed by atoms with Crippen LogP contribution >= 0.6 is 0 Å². The fourth-order valence-electron chi connectivity index (χ4n) is 1.68. The molecule has 0 heterocycles. The zero-order valence-corrected chi connectivity index (χ0v) is 12.3. The summed E-state index contributed by atoms with van der Waals surface area (Å²) in [7, 11) is 0. The van der Waals surface area contributed by atoms with Crippen molar-refractivity contribution in [3.8, 4) is 5.75 Å². The Morgan fingerprint density at radius 2 is 1.86 bits per heavy atom. The number of hydrogen-bond donors (Lipinski definition) is 5. The summed E-state index contributed by atoms with van der Waals surface area (Å²) in [6.07, 6.45) is 0.195. The molecule has 0 saturated heterocycles. The molecule has 120 valence electrons. The third-order valence-corrected chi connectivity index (χ3v) is 2.93. The number of primary amides is 1. The molecule has 0 aliphatic rings. The van der Waals surface area contributed by atoms with E-state index >= 15 is 0 Å². The van der Waals surface area contributed by atoms with Crippen molar-refractivity contribution in [3.63, 3.8) is 0 Å². The predicted octanol–water partition coefficient (Wildman–Crippen LogP) is -2.35. The number of nitrogens with two attached hydrogens (primary N) is 1. The number of nitrogens with one attached hydrogen (secondary N) is 2. The van der Waals surface area contributed by atoms with E-state index in [9.17, 15) is 19.5 Å². The van der Waals surface area contributed by atoms with Crippen molar-refractivity contribution in [3.05, 3.63) is 29.8 Å². The van der Waals surface area contributed by atoms with Crippen LogP contribution in [0, 0.1) is 0 Å². The van der Waals surface area contributed by atoms with Crippen molar-refractivity contribution < 1.29 is 25.2 Å². The van der Waals surface area contributed by atoms with Gasteiger partial charge in [0.1, 0.15) is 11.8 Å². The van der Waals surface area contributed by atoms with E-state index in [0.717, 1.165) is 5.56 Å². The van der Waals surface area contributed by atoms with Gasteiger partial charge in [-0.25, -0.2) is 0 Å². The molecule has 0 spiro atoms. The normalized spacial score (nSPS) is 13.0. The number of hydrogen-bond acceptors (Lipinski definition) is 4. The molecule has 8 nitrogen and oxygen atoms in total. The number of phenolic OH excluding ortho intramolecular Hbond substituents is 1. The van der Waals surface area contributed by atoms with E-state index in [1.807, 2.05) is 0 Å². The van der Waals surface area contributed by atoms with Crippen molar-refractivity contribution in [2.24, 2.45) is 5.73 Å². The summed E-state index contributed by atoms with van der Waals surface area (Å²) in [5, 5.41) is 14.1. The summed E-state index contributed by atoms with van der Waals surface area (Å²) in [6.45, 7) is 1.35. The Morgan fingerprint density at radius 3 is 2.36 bits per heavy atom. The molecule has 0 radical (unpaired) electrons. The van der Waals surface area contributed by atoms with Gasteiger partial charge in [-0.15, -0.1) is 0 Å². The third kappa shape index (κ3) is 5.80. The summed E-state index contributed by atoms with van der Waals surface area (Å²) in [6, 6.07) is 4.84. The van der Waals surface area contributed by atoms with E-state index in [0.29, 0.717) is 0 Å². The number of benzene rings is 1. The first-order chi connectivity index (χ1) is 10.3. The molecule has 8 heteroatoms. The first-order valence-corrected chi connectivity index (χ1v) is 6.77. The second-order valence-corrected chi connectivity index (χ2v) is 5.01. The van der Waals surface area contributed by atoms with Crippen LogP contribution in [-0.2, 0) is 20.8 Å². The minimum absolute atomic E-state index is 0.105. The van der Waals surface area contributed by atoms with Crippen LogP contribution in [0.5, 0.6) is 5.75 Å². The molecule has 3 amide bonds. The average molecular weight is 309 g/mol. The van der Waals surface area contributed by atoms with Gasteiger partial charge in [-0.1, -0.05) is 12.1 Å². The Labute approximate surface area is 127 Å². The van der Waals surface area contributed by atoms with Crippen LogP contribution < -0.4 is 22.1 Å². The van der Waals surface area contributed by atoms with Crippen molar-refractivity contribution in [1.29, 1.82) is 0 Å². The molecule has 1 aromatic rings. The van der Waals surface area contributed by atoms with E-state index in [4.69, 9.17) is 5.73 Å². The standard InChI is InChI=1S/C14H20N4O4/c1-8(15)14(22)17-7-12(20)18-11(13(16)21)6-9-2-4-10(19)5-3-9/h2-5,8,11,19H,6-7,15H2,1H3,(H2,16,21)(H,17,22)(H,18,20)/p+1/t8-,11-/m0/s1. The quantitative estimate of drug-likeness (QED) is 0.383. The number of amides is 3. The Hall–Kier alpha value is -2.61. The number of aromatic hydroxyl groups is 1. The second kappa shape index (κ2) is 7.99. The van der Waals surface area contributed by atoms with Gasteiger partial charge in [0, 0.05) is 6.42 Å². The highest BCUT2D eigenvalue weighted by atomic mass is 16.3. The molecule has 0 unspecified atom stereocenters. The van der Waals surface area contributed by atoms with Crippen molar-refractivity contribution >= 4 is 17.7 Å². The summed E-state index contributed by atoms with van der Waals surface area (Å²) >= 11 is 0. The average Bonchev–Trinajstić information content (AvgIpc) is 2.46. The molecule has 0 aliphatic carbocycles. The highest BCUT2D eigenvalue weighted by Crippen LogP contribution is 2.11. The van der Waals surface area contributed by atoms with Crippen LogP contribution in [0.3, 0.4) is 0 Å². The summed E-state index contributed by atoms with van der Waals surface area (Å²) < 4.78 is 0. The van der Waals surface area contributed by atoms with Crippen LogP contribution in [0.2, 0.25) is 0 Å². The maximum absolute atomic E-state index is 11.7. The molecule has 0 bridgehead atoms. The summed E-state index contributed by atoms with van der Waals surface area (Å²) in [4.78, 5) is 34.5. The maximum Gasteiger partial charge on any atom is 0.278 e. The van der Waals surface area contributed by atoms with Crippen LogP contribution in [0.1, 0.15) is 12.5 Å². The number of carbonyl (C=O) groups is 3. The molecule has 22 heavy (non-hydrogen) atoms. The Balaban J connectivity index is 2.57. The first kappa shape index (κ1) is 17.4. The van der Waals surface area contributed by atoms with Gasteiger partial charge in [0.15, 0.2) is 6.04 Å². The molecule has 2 atom stereocenters. The Bertz CT molecular complexity index is 542. The monoisotopic (exact) mass is 309 g/mol. The van der Waals surface area contributed by atoms with Gasteiger partial charge >= 0.3 is 0 Å². The number of quaternary nitrogens is 1. The van der Waals surface area contributed by atoms with Gasteiger partial charge in [-0.2, -0.15) is 0 Å². The lowest BCUT2D eigenvalue weighted by molar-refractivity contribution is -0.398. The lowest BCUT2D eigenvalue weighted by atomic mass is 10.1. The lowest BCUT2D eigenvalue weighted by Gasteiger charge is -2.16. The van der Waals surface area contributed by atoms with Crippen molar-refractivity contribution in [2.45, 2.75) is 25.4 Å². The van der Waals surface area contributed by atoms with E-state index in [2.05, 4.69) is 16.4 Å². The molecular weight excluding hydrogens is 288 g/mol. The topological polar surface area (TPSA) is 149 Å². The first-order valence-electron chi connectivity index (χ1n) is 6.77. The molecular formula is C14H21N4O4+. The molecule has 0 aliphatic heterocycles. The van der Waals surface area contributed by atoms with E-state index in [1.165, 1.54) is 12.1 Å². The molecule has 0 aromatic heterocycles. The van der Waals surface area contributed by atoms with Gasteiger partial charge < -0.3 is 27.2 Å². The van der Waals surface area contributed by atoms with Crippen LogP contribution in [0.25, 0.3) is 0 Å². The molecule has 1 rings (SSSR count). The van der Waals surface area contributed by atoms with Crippen LogP contribution in [0.4, 0.5) is 0 Å². The zero-order chi connectivity index (χ0) is 16.7. The minimum atomic E-state index is -0.897. The fraction of sp³-hybridized carbons (Fsp3) is 0.357. The zero-order valence-electron chi connectivity index (χ0n) is 12.3. The minimum Gasteiger partial charge on any atom is -0.508 e. The van der Waals surface area contributed by atoms with Crippen LogP contribution in [-0.4, -0.2) is 41.5 Å². The SMILES string of the molecule is C[C@H]([NH3+])C(=O)NCC(=O)N[C@@H](Cc1ccc(O)cc1)C(N)=O. The molecule has 0 fully saturated rings. The Kier molecular flexibility index (Phi) is 6.33. The number of carbonyl (C=O) groups excluding carboxylic acids is 3. The summed E-state index contributed by atoms with van der Waals surface area (Å²) in [5.74, 6) is -1.45. The largest absolute Gasteiger partial charge is 0.508 e. The van der Waals surface area contributed by atoms with Crippen LogP contribution in [0.15, 0.2) is 24.3 Å². The van der Waals surface area contributed by atoms with Crippen molar-refractivity contribution in [2.75, 3.05) is 6.54 Å². The Morgan fingerprint density at radius 1 is 1.27 bits per heavy atom. The van der Waals surface area contributed by atoms with E-state index in [1.54, 1.807) is 19.1 Å². The van der Waals surface area contributed by atoms with Gasteiger partial charge in [0.2, 0.25) is 11.8 Å². The highest BCUT2D eigenvalue weighted by molar-refractivity contribution is 5.90. The maximum atomic E-state index is 11.7. The van der Waals surface area contributed by atoms with Crippen molar-refractivity contribution in [1.82, 2.24) is 10.6 Å². The second-order valence-electron chi connectivity index (χ2n) is 5.01. The highest BCUT2D eigenvalue weighted by Gasteiger charge is 2.19. The molecule has 0 saturated carbocycles. The van der Waals surface area contributed by atoms with Gasteiger partial charge in [-0.05, 0) is 24.6 Å². The summed E-state index contributed by atoms with van der Waals surface area (Å²) in [5.41, 5.74) is 9.53. The number of phenols is 1. The van der Waals surface area contributed by atoms with E-state index in [-0.39, 0.29) is 24.6 Å². The fourth-order valence-corrected chi connectivity index (χ4v) is 1.68. The van der Waals surface area contributed by atoms with Gasteiger partial charge in [-0.3, -0.25) is 14.4 Å². The van der Waals surface area contributed by atoms with E-state index < -0.39 is 23.9 Å². The number of rotatable bonds is 7. The predicted molar refractivity (Wildman–Crippen MR) is 78.3 cm³/mol. The smallest absolute Gasteiger partial charge is 0.278 e. The lowest BCUT2D eigenvalue weighted by Crippen LogP contribution is -2.66. The third-order valence-electron chi connectivity index (χ3n) is 2.93. The molecule has 8 N–H and O–H groups in total. The molecule has 1 aromatic carbocycles.